The summed E-state index contributed by atoms with van der Waals surface area (Å²) in [5, 5.41) is 0.726. The van der Waals surface area contributed by atoms with Crippen molar-refractivity contribution in [1.82, 2.24) is 0 Å². The third-order valence-electron chi connectivity index (χ3n) is 6.34. The Bertz CT molecular complexity index is 597. The molecule has 3 aliphatic carbocycles. The van der Waals surface area contributed by atoms with Gasteiger partial charge in [-0.05, 0) is 38.5 Å². The van der Waals surface area contributed by atoms with Gasteiger partial charge in [-0.15, -0.1) is 23.2 Å². The summed E-state index contributed by atoms with van der Waals surface area (Å²) in [5.74, 6) is -1.28. The molecule has 0 saturated heterocycles. The Morgan fingerprint density at radius 3 is 2.30 bits per heavy atom. The van der Waals surface area contributed by atoms with Gasteiger partial charge in [-0.3, -0.25) is 0 Å². The zero-order valence-corrected chi connectivity index (χ0v) is 16.8. The molecule has 0 N–H and O–H groups in total. The van der Waals surface area contributed by atoms with E-state index in [9.17, 15) is 0 Å². The topological polar surface area (TPSA) is 18.5 Å². The van der Waals surface area contributed by atoms with Gasteiger partial charge in [0.1, 0.15) is 9.75 Å². The van der Waals surface area contributed by atoms with Crippen molar-refractivity contribution in [1.29, 1.82) is 0 Å². The Morgan fingerprint density at radius 2 is 1.74 bits per heavy atom. The van der Waals surface area contributed by atoms with Crippen LogP contribution < -0.4 is 0 Å². The highest BCUT2D eigenvalue weighted by Gasteiger charge is 2.87. The van der Waals surface area contributed by atoms with E-state index in [2.05, 4.69) is 19.9 Å². The number of halogens is 4. The molecule has 6 heteroatoms. The summed E-state index contributed by atoms with van der Waals surface area (Å²) in [6, 6.07) is 0. The molecule has 3 aliphatic rings. The summed E-state index contributed by atoms with van der Waals surface area (Å²) in [4.78, 5) is -2.18. The van der Waals surface area contributed by atoms with Crippen molar-refractivity contribution in [2.24, 2.45) is 11.3 Å². The predicted molar refractivity (Wildman–Crippen MR) is 96.5 cm³/mol. The fourth-order valence-electron chi connectivity index (χ4n) is 5.16. The minimum Gasteiger partial charge on any atom is -0.350 e. The van der Waals surface area contributed by atoms with Gasteiger partial charge >= 0.3 is 0 Å². The number of allylic oxidation sites excluding steroid dienone is 2. The second-order valence-corrected chi connectivity index (χ2v) is 9.04. The SMILES string of the molecule is COC1(OC)[C@@]2(Cl)C(Cl)=C(Cl)[C@]1(Cl)[C@]1(C)CC/C=C(/C)CC[C@H]21. The van der Waals surface area contributed by atoms with Crippen LogP contribution in [-0.4, -0.2) is 29.8 Å². The van der Waals surface area contributed by atoms with Gasteiger partial charge in [0.15, 0.2) is 0 Å². The molecule has 0 amide bonds. The minimum atomic E-state index is -1.28. The monoisotopic (exact) mass is 398 g/mol. The molecule has 0 radical (unpaired) electrons. The molecular weight excluding hydrogens is 378 g/mol. The number of alkyl halides is 2. The summed E-state index contributed by atoms with van der Waals surface area (Å²) in [5.41, 5.74) is 0.986. The number of ether oxygens (including phenoxy) is 2. The average molecular weight is 400 g/mol. The zero-order valence-electron chi connectivity index (χ0n) is 13.8. The summed E-state index contributed by atoms with van der Waals surface area (Å²) in [6.07, 6.45) is 5.86. The first-order chi connectivity index (χ1) is 10.7. The van der Waals surface area contributed by atoms with E-state index in [1.807, 2.05) is 0 Å². The summed E-state index contributed by atoms with van der Waals surface area (Å²) in [6.45, 7) is 4.29. The van der Waals surface area contributed by atoms with Gasteiger partial charge in [0.05, 0.1) is 10.1 Å². The molecule has 2 nitrogen and oxygen atoms in total. The standard InChI is InChI=1S/C17H22Cl4O2/c1-10-6-5-9-14(2)11(8-7-10)15(20)12(18)13(19)16(14,21)17(15,22-3)23-4/h6,11H,5,7-9H2,1-4H3/b10-6-/t11-,14+,15-,16-/m0/s1. The van der Waals surface area contributed by atoms with E-state index in [1.54, 1.807) is 14.2 Å². The van der Waals surface area contributed by atoms with Crippen LogP contribution in [0.5, 0.6) is 0 Å². The van der Waals surface area contributed by atoms with Crippen molar-refractivity contribution in [2.75, 3.05) is 14.2 Å². The van der Waals surface area contributed by atoms with Crippen molar-refractivity contribution in [3.8, 4) is 0 Å². The van der Waals surface area contributed by atoms with Crippen LogP contribution in [-0.2, 0) is 9.47 Å². The van der Waals surface area contributed by atoms with E-state index in [0.717, 1.165) is 25.7 Å². The largest absolute Gasteiger partial charge is 0.350 e. The first kappa shape index (κ1) is 18.4. The van der Waals surface area contributed by atoms with Crippen molar-refractivity contribution in [2.45, 2.75) is 55.1 Å². The predicted octanol–water partition coefficient (Wildman–Crippen LogP) is 5.79. The normalized spacial score (nSPS) is 47.8. The smallest absolute Gasteiger partial charge is 0.218 e. The number of hydrogen-bond acceptors (Lipinski definition) is 2. The van der Waals surface area contributed by atoms with Crippen LogP contribution >= 0.6 is 46.4 Å². The van der Waals surface area contributed by atoms with Gasteiger partial charge in [-0.25, -0.2) is 0 Å². The van der Waals surface area contributed by atoms with Crippen molar-refractivity contribution >= 4 is 46.4 Å². The van der Waals surface area contributed by atoms with Crippen molar-refractivity contribution in [3.63, 3.8) is 0 Å². The Hall–Kier alpha value is 0.560. The third kappa shape index (κ3) is 1.76. The lowest BCUT2D eigenvalue weighted by atomic mass is 9.64. The molecule has 0 aromatic rings. The van der Waals surface area contributed by atoms with E-state index in [0.29, 0.717) is 10.1 Å². The molecular formula is C17H22Cl4O2. The quantitative estimate of drug-likeness (QED) is 0.332. The molecule has 0 aromatic heterocycles. The van der Waals surface area contributed by atoms with E-state index in [-0.39, 0.29) is 11.3 Å². The number of hydrogen-bond donors (Lipinski definition) is 0. The highest BCUT2D eigenvalue weighted by Crippen LogP contribution is 2.79. The number of rotatable bonds is 2. The van der Waals surface area contributed by atoms with E-state index in [1.165, 1.54) is 5.57 Å². The lowest BCUT2D eigenvalue weighted by Crippen LogP contribution is -2.58. The highest BCUT2D eigenvalue weighted by molar-refractivity contribution is 6.52. The molecule has 0 aromatic carbocycles. The molecule has 0 spiro atoms. The Kier molecular flexibility index (Phi) is 4.41. The second-order valence-electron chi connectivity index (χ2n) is 7.12. The zero-order chi connectivity index (χ0) is 17.3. The Morgan fingerprint density at radius 1 is 1.13 bits per heavy atom. The first-order valence-corrected chi connectivity index (χ1v) is 9.38. The fraction of sp³-hybridized carbons (Fsp3) is 0.765. The maximum Gasteiger partial charge on any atom is 0.218 e. The number of fused-ring (bicyclic) bond motifs is 5. The average Bonchev–Trinajstić information content (AvgIpc) is 2.71. The molecule has 130 valence electrons. The molecule has 1 fully saturated rings. The molecule has 3 rings (SSSR count). The lowest BCUT2D eigenvalue weighted by Gasteiger charge is -2.47. The summed E-state index contributed by atoms with van der Waals surface area (Å²) < 4.78 is 11.7. The molecule has 2 bridgehead atoms. The van der Waals surface area contributed by atoms with Crippen LogP contribution in [0.4, 0.5) is 0 Å². The molecule has 23 heavy (non-hydrogen) atoms. The van der Waals surface area contributed by atoms with Gasteiger partial charge in [0.2, 0.25) is 5.79 Å². The van der Waals surface area contributed by atoms with E-state index >= 15 is 0 Å². The fourth-order valence-corrected chi connectivity index (χ4v) is 7.55. The number of methoxy groups -OCH3 is 2. The van der Waals surface area contributed by atoms with Crippen LogP contribution in [0.15, 0.2) is 21.7 Å². The van der Waals surface area contributed by atoms with Gasteiger partial charge in [0.25, 0.3) is 0 Å². The van der Waals surface area contributed by atoms with Gasteiger partial charge < -0.3 is 9.47 Å². The molecule has 0 aliphatic heterocycles. The van der Waals surface area contributed by atoms with Crippen molar-refractivity contribution < 1.29 is 9.47 Å². The molecule has 4 atom stereocenters. The van der Waals surface area contributed by atoms with E-state index in [4.69, 9.17) is 55.9 Å². The van der Waals surface area contributed by atoms with Gasteiger partial charge in [-0.1, -0.05) is 41.8 Å². The Balaban J connectivity index is 2.28. The minimum absolute atomic E-state index is 0.00715. The highest BCUT2D eigenvalue weighted by atomic mass is 35.5. The second kappa shape index (κ2) is 5.53. The third-order valence-corrected chi connectivity index (χ3v) is 9.16. The first-order valence-electron chi connectivity index (χ1n) is 7.87. The van der Waals surface area contributed by atoms with Crippen LogP contribution in [0.3, 0.4) is 0 Å². The maximum atomic E-state index is 7.20. The van der Waals surface area contributed by atoms with Crippen molar-refractivity contribution in [3.05, 3.63) is 21.7 Å². The van der Waals surface area contributed by atoms with Gasteiger partial charge in [0, 0.05) is 19.6 Å². The van der Waals surface area contributed by atoms with Crippen LogP contribution in [0, 0.1) is 11.3 Å². The van der Waals surface area contributed by atoms with Crippen LogP contribution in [0.1, 0.15) is 39.5 Å². The summed E-state index contributed by atoms with van der Waals surface area (Å²) in [7, 11) is 3.12. The lowest BCUT2D eigenvalue weighted by molar-refractivity contribution is -0.223. The van der Waals surface area contributed by atoms with Crippen LogP contribution in [0.25, 0.3) is 0 Å². The van der Waals surface area contributed by atoms with Crippen LogP contribution in [0.2, 0.25) is 0 Å². The van der Waals surface area contributed by atoms with E-state index < -0.39 is 15.5 Å². The van der Waals surface area contributed by atoms with Gasteiger partial charge in [-0.2, -0.15) is 0 Å². The maximum absolute atomic E-state index is 7.20. The molecule has 0 heterocycles. The Labute approximate surface area is 158 Å². The summed E-state index contributed by atoms with van der Waals surface area (Å²) >= 11 is 27.6. The molecule has 0 unspecified atom stereocenters. The molecule has 1 saturated carbocycles.